The zero-order valence-electron chi connectivity index (χ0n) is 10.6. The van der Waals surface area contributed by atoms with Crippen molar-refractivity contribution in [2.45, 2.75) is 12.8 Å². The molecule has 0 aromatic rings. The Morgan fingerprint density at radius 2 is 1.88 bits per heavy atom. The number of rotatable bonds is 8. The molecule has 0 saturated heterocycles. The number of hydrogen-bond donors (Lipinski definition) is 2. The van der Waals surface area contributed by atoms with Gasteiger partial charge in [-0.25, -0.2) is 4.72 Å². The van der Waals surface area contributed by atoms with Gasteiger partial charge in [0.15, 0.2) is 0 Å². The van der Waals surface area contributed by atoms with Gasteiger partial charge in [0, 0.05) is 40.7 Å². The van der Waals surface area contributed by atoms with Crippen LogP contribution in [0.25, 0.3) is 0 Å². The Labute approximate surface area is 103 Å². The Bertz CT molecular complexity index is 329. The number of hydrogen-bond acceptors (Lipinski definition) is 4. The maximum absolute atomic E-state index is 11.6. The van der Waals surface area contributed by atoms with E-state index in [1.54, 1.807) is 14.1 Å². The molecular formula is C9H22N4O3S. The summed E-state index contributed by atoms with van der Waals surface area (Å²) in [6, 6.07) is 0. The topological polar surface area (TPSA) is 95.7 Å². The Balaban J connectivity index is 4.05. The fourth-order valence-corrected chi connectivity index (χ4v) is 2.00. The lowest BCUT2D eigenvalue weighted by Crippen LogP contribution is -2.40. The molecule has 0 fully saturated rings. The van der Waals surface area contributed by atoms with Crippen molar-refractivity contribution < 1.29 is 13.2 Å². The quantitative estimate of drug-likeness (QED) is 0.563. The molecule has 17 heavy (non-hydrogen) atoms. The van der Waals surface area contributed by atoms with Crippen molar-refractivity contribution >= 4 is 16.1 Å². The molecule has 102 valence electrons. The van der Waals surface area contributed by atoms with Gasteiger partial charge in [0.25, 0.3) is 10.2 Å². The van der Waals surface area contributed by atoms with Crippen LogP contribution >= 0.6 is 0 Å². The van der Waals surface area contributed by atoms with E-state index < -0.39 is 10.2 Å². The molecule has 0 radical (unpaired) electrons. The maximum Gasteiger partial charge on any atom is 0.279 e. The van der Waals surface area contributed by atoms with E-state index in [0.717, 1.165) is 0 Å². The van der Waals surface area contributed by atoms with Crippen LogP contribution in [0.2, 0.25) is 0 Å². The fourth-order valence-electron chi connectivity index (χ4n) is 1.05. The summed E-state index contributed by atoms with van der Waals surface area (Å²) in [6.07, 6.45) is 0.755. The predicted molar refractivity (Wildman–Crippen MR) is 66.5 cm³/mol. The average molecular weight is 266 g/mol. The molecule has 3 N–H and O–H groups in total. The van der Waals surface area contributed by atoms with Crippen molar-refractivity contribution in [1.82, 2.24) is 13.9 Å². The van der Waals surface area contributed by atoms with Gasteiger partial charge in [-0.15, -0.1) is 0 Å². The number of nitrogens with one attached hydrogen (secondary N) is 1. The first kappa shape index (κ1) is 16.3. The molecular weight excluding hydrogens is 244 g/mol. The van der Waals surface area contributed by atoms with E-state index in [1.165, 1.54) is 16.3 Å². The third-order valence-corrected chi connectivity index (χ3v) is 3.78. The molecule has 0 aromatic carbocycles. The Hall–Kier alpha value is -0.700. The molecule has 1 amide bonds. The molecule has 0 aromatic heterocycles. The maximum atomic E-state index is 11.6. The van der Waals surface area contributed by atoms with Gasteiger partial charge < -0.3 is 10.6 Å². The third-order valence-electron chi connectivity index (χ3n) is 2.21. The first-order valence-electron chi connectivity index (χ1n) is 5.42. The van der Waals surface area contributed by atoms with Crippen LogP contribution in [0.3, 0.4) is 0 Å². The van der Waals surface area contributed by atoms with Crippen molar-refractivity contribution in [3.63, 3.8) is 0 Å². The summed E-state index contributed by atoms with van der Waals surface area (Å²) < 4.78 is 26.8. The van der Waals surface area contributed by atoms with Crippen molar-refractivity contribution in [3.05, 3.63) is 0 Å². The Morgan fingerprint density at radius 3 is 2.35 bits per heavy atom. The van der Waals surface area contributed by atoms with Gasteiger partial charge in [0.05, 0.1) is 0 Å². The highest BCUT2D eigenvalue weighted by Gasteiger charge is 2.16. The monoisotopic (exact) mass is 266 g/mol. The molecule has 0 aliphatic carbocycles. The minimum absolute atomic E-state index is 0.103. The fraction of sp³-hybridized carbons (Fsp3) is 0.889. The van der Waals surface area contributed by atoms with Crippen LogP contribution in [0.15, 0.2) is 0 Å². The Morgan fingerprint density at radius 1 is 1.29 bits per heavy atom. The highest BCUT2D eigenvalue weighted by molar-refractivity contribution is 7.87. The van der Waals surface area contributed by atoms with Crippen LogP contribution in [0.1, 0.15) is 12.8 Å². The summed E-state index contributed by atoms with van der Waals surface area (Å²) >= 11 is 0. The lowest BCUT2D eigenvalue weighted by Gasteiger charge is -2.17. The van der Waals surface area contributed by atoms with Crippen molar-refractivity contribution in [3.8, 4) is 0 Å². The average Bonchev–Trinajstić information content (AvgIpc) is 2.25. The van der Waals surface area contributed by atoms with Crippen LogP contribution in [0, 0.1) is 0 Å². The summed E-state index contributed by atoms with van der Waals surface area (Å²) in [4.78, 5) is 12.7. The molecule has 0 saturated carbocycles. The molecule has 0 atom stereocenters. The summed E-state index contributed by atoms with van der Waals surface area (Å²) in [5, 5.41) is 0. The second-order valence-corrected chi connectivity index (χ2v) is 5.76. The smallest absolute Gasteiger partial charge is 0.279 e. The molecule has 0 aliphatic rings. The summed E-state index contributed by atoms with van der Waals surface area (Å²) in [5.41, 5.74) is 5.30. The molecule has 0 heterocycles. The van der Waals surface area contributed by atoms with Gasteiger partial charge in [-0.1, -0.05) is 0 Å². The van der Waals surface area contributed by atoms with E-state index >= 15 is 0 Å². The molecule has 0 spiro atoms. The van der Waals surface area contributed by atoms with Gasteiger partial charge in [-0.3, -0.25) is 4.79 Å². The van der Waals surface area contributed by atoms with Crippen LogP contribution in [-0.4, -0.2) is 64.3 Å². The van der Waals surface area contributed by atoms with Gasteiger partial charge in [-0.2, -0.15) is 12.7 Å². The molecule has 0 aliphatic heterocycles. The summed E-state index contributed by atoms with van der Waals surface area (Å²) in [7, 11) is 1.24. The molecule has 7 nitrogen and oxygen atoms in total. The molecule has 0 rings (SSSR count). The SMILES string of the molecule is CN(C)C(=O)CCNS(=O)(=O)N(C)CCCN. The van der Waals surface area contributed by atoms with Crippen molar-refractivity contribution in [2.75, 3.05) is 40.8 Å². The zero-order valence-corrected chi connectivity index (χ0v) is 11.5. The Kier molecular flexibility index (Phi) is 7.28. The molecule has 8 heteroatoms. The van der Waals surface area contributed by atoms with Gasteiger partial charge in [0.1, 0.15) is 0 Å². The van der Waals surface area contributed by atoms with E-state index in [-0.39, 0.29) is 18.9 Å². The van der Waals surface area contributed by atoms with Crippen molar-refractivity contribution in [2.24, 2.45) is 5.73 Å². The first-order chi connectivity index (χ1) is 7.81. The third kappa shape index (κ3) is 6.57. The normalized spacial score (nSPS) is 11.8. The summed E-state index contributed by atoms with van der Waals surface area (Å²) in [6.45, 7) is 0.915. The molecule has 0 bridgehead atoms. The minimum atomic E-state index is -3.50. The summed E-state index contributed by atoms with van der Waals surface area (Å²) in [5.74, 6) is -0.114. The zero-order chi connectivity index (χ0) is 13.5. The number of nitrogens with two attached hydrogens (primary N) is 1. The lowest BCUT2D eigenvalue weighted by atomic mass is 10.4. The number of carbonyl (C=O) groups is 1. The van der Waals surface area contributed by atoms with Crippen LogP contribution in [-0.2, 0) is 15.0 Å². The predicted octanol–water partition coefficient (Wildman–Crippen LogP) is -1.42. The van der Waals surface area contributed by atoms with E-state index in [1.807, 2.05) is 0 Å². The highest BCUT2D eigenvalue weighted by Crippen LogP contribution is 1.95. The van der Waals surface area contributed by atoms with Crippen LogP contribution < -0.4 is 10.5 Å². The number of amides is 1. The van der Waals surface area contributed by atoms with Gasteiger partial charge >= 0.3 is 0 Å². The van der Waals surface area contributed by atoms with E-state index in [2.05, 4.69) is 4.72 Å². The number of nitrogens with zero attached hydrogens (tertiary/aromatic N) is 2. The highest BCUT2D eigenvalue weighted by atomic mass is 32.2. The number of carbonyl (C=O) groups excluding carboxylic acids is 1. The minimum Gasteiger partial charge on any atom is -0.349 e. The van der Waals surface area contributed by atoms with Crippen molar-refractivity contribution in [1.29, 1.82) is 0 Å². The van der Waals surface area contributed by atoms with E-state index in [9.17, 15) is 13.2 Å². The standard InChI is InChI=1S/C9H22N4O3S/c1-12(2)9(14)5-7-11-17(15,16)13(3)8-4-6-10/h11H,4-8,10H2,1-3H3. The largest absolute Gasteiger partial charge is 0.349 e. The first-order valence-corrected chi connectivity index (χ1v) is 6.86. The molecule has 0 unspecified atom stereocenters. The van der Waals surface area contributed by atoms with Crippen LogP contribution in [0.4, 0.5) is 0 Å². The lowest BCUT2D eigenvalue weighted by molar-refractivity contribution is -0.128. The van der Waals surface area contributed by atoms with Gasteiger partial charge in [-0.05, 0) is 13.0 Å². The van der Waals surface area contributed by atoms with Gasteiger partial charge in [0.2, 0.25) is 5.91 Å². The van der Waals surface area contributed by atoms with Crippen LogP contribution in [0.5, 0.6) is 0 Å². The second kappa shape index (κ2) is 7.59. The van der Waals surface area contributed by atoms with E-state index in [4.69, 9.17) is 5.73 Å². The van der Waals surface area contributed by atoms with E-state index in [0.29, 0.717) is 19.5 Å². The second-order valence-electron chi connectivity index (χ2n) is 3.90.